The maximum absolute atomic E-state index is 11.8. The zero-order valence-electron chi connectivity index (χ0n) is 10.5. The number of carbonyl (C=O) groups excluding carboxylic acids is 2. The molecular formula is C12H13O6P. The third-order valence-corrected chi connectivity index (χ3v) is 2.98. The van der Waals surface area contributed by atoms with E-state index in [4.69, 9.17) is 9.47 Å². The van der Waals surface area contributed by atoms with Crippen LogP contribution in [0.2, 0.25) is 0 Å². The van der Waals surface area contributed by atoms with Crippen LogP contribution in [0, 0.1) is 0 Å². The van der Waals surface area contributed by atoms with Crippen molar-refractivity contribution in [2.24, 2.45) is 0 Å². The predicted molar refractivity (Wildman–Crippen MR) is 66.3 cm³/mol. The zero-order chi connectivity index (χ0) is 14.4. The van der Waals surface area contributed by atoms with Crippen molar-refractivity contribution < 1.29 is 28.2 Å². The van der Waals surface area contributed by atoms with Crippen LogP contribution in [0.3, 0.4) is 0 Å². The van der Waals surface area contributed by atoms with Crippen LogP contribution in [0.4, 0.5) is 0 Å². The van der Waals surface area contributed by atoms with Gasteiger partial charge in [-0.05, 0) is 26.0 Å². The van der Waals surface area contributed by atoms with E-state index in [-0.39, 0.29) is 29.6 Å². The number of hydrogen-bond donors (Lipinski definition) is 0. The molecule has 6 nitrogen and oxygen atoms in total. The summed E-state index contributed by atoms with van der Waals surface area (Å²) in [5.41, 5.74) is -0.393. The molecule has 0 atom stereocenters. The second-order valence-electron chi connectivity index (χ2n) is 3.40. The van der Waals surface area contributed by atoms with Crippen LogP contribution >= 0.6 is 7.68 Å². The minimum Gasteiger partial charge on any atom is -0.462 e. The maximum Gasteiger partial charge on any atom is 0.349 e. The lowest BCUT2D eigenvalue weighted by molar-refractivity contribution is 0.0480. The van der Waals surface area contributed by atoms with Gasteiger partial charge in [0, 0.05) is 0 Å². The van der Waals surface area contributed by atoms with Crippen molar-refractivity contribution in [3.05, 3.63) is 29.3 Å². The number of benzene rings is 1. The lowest BCUT2D eigenvalue weighted by atomic mass is 10.1. The van der Waals surface area contributed by atoms with Crippen molar-refractivity contribution in [2.75, 3.05) is 13.2 Å². The van der Waals surface area contributed by atoms with Gasteiger partial charge in [-0.25, -0.2) is 18.7 Å². The van der Waals surface area contributed by atoms with E-state index in [1.165, 1.54) is 18.2 Å². The number of hydrogen-bond acceptors (Lipinski definition) is 6. The molecule has 1 aromatic rings. The molecule has 19 heavy (non-hydrogen) atoms. The van der Waals surface area contributed by atoms with Crippen LogP contribution < -0.4 is 5.30 Å². The van der Waals surface area contributed by atoms with Gasteiger partial charge in [0.05, 0.1) is 29.6 Å². The summed E-state index contributed by atoms with van der Waals surface area (Å²) in [7, 11) is -3.02. The van der Waals surface area contributed by atoms with Gasteiger partial charge in [-0.15, -0.1) is 0 Å². The normalized spacial score (nSPS) is 9.79. The molecule has 0 radical (unpaired) electrons. The molecule has 0 aliphatic heterocycles. The van der Waals surface area contributed by atoms with Crippen LogP contribution in [0.15, 0.2) is 18.2 Å². The van der Waals surface area contributed by atoms with E-state index in [2.05, 4.69) is 0 Å². The summed E-state index contributed by atoms with van der Waals surface area (Å²) in [6.45, 7) is 3.39. The molecule has 0 amide bonds. The summed E-state index contributed by atoms with van der Waals surface area (Å²) in [5, 5.41) is -0.251. The van der Waals surface area contributed by atoms with Gasteiger partial charge in [0.15, 0.2) is 0 Å². The van der Waals surface area contributed by atoms with Crippen LogP contribution in [0.1, 0.15) is 34.6 Å². The lowest BCUT2D eigenvalue weighted by Crippen LogP contribution is -2.21. The summed E-state index contributed by atoms with van der Waals surface area (Å²) in [4.78, 5) is 23.5. The van der Waals surface area contributed by atoms with Crippen LogP contribution in [0.25, 0.3) is 0 Å². The number of esters is 2. The predicted octanol–water partition coefficient (Wildman–Crippen LogP) is 1.84. The van der Waals surface area contributed by atoms with Crippen LogP contribution in [0.5, 0.6) is 0 Å². The molecule has 0 aliphatic carbocycles. The largest absolute Gasteiger partial charge is 0.462 e. The fourth-order valence-electron chi connectivity index (χ4n) is 1.49. The molecule has 0 aromatic heterocycles. The first kappa shape index (κ1) is 15.1. The number of ether oxygens (including phenoxy) is 2. The smallest absolute Gasteiger partial charge is 0.349 e. The highest BCUT2D eigenvalue weighted by Crippen LogP contribution is 2.17. The first-order chi connectivity index (χ1) is 9.02. The number of carbonyl (C=O) groups is 2. The third kappa shape index (κ3) is 3.51. The monoisotopic (exact) mass is 284 g/mol. The van der Waals surface area contributed by atoms with Gasteiger partial charge >= 0.3 is 19.6 Å². The van der Waals surface area contributed by atoms with E-state index < -0.39 is 19.6 Å². The van der Waals surface area contributed by atoms with Gasteiger partial charge in [-0.3, -0.25) is 0 Å². The standard InChI is InChI=1S/C12H13O6P/c1-3-17-11(13)8-6-5-7-9(19(15)16)10(8)12(14)18-4-2/h5-7H,3-4H2,1-2H3. The van der Waals surface area contributed by atoms with E-state index >= 15 is 0 Å². The molecule has 0 spiro atoms. The average Bonchev–Trinajstić information content (AvgIpc) is 2.38. The van der Waals surface area contributed by atoms with Crippen molar-refractivity contribution in [2.45, 2.75) is 13.8 Å². The topological polar surface area (TPSA) is 86.7 Å². The molecule has 0 bridgehead atoms. The molecule has 102 valence electrons. The molecular weight excluding hydrogens is 271 g/mol. The van der Waals surface area contributed by atoms with E-state index in [1.54, 1.807) is 13.8 Å². The van der Waals surface area contributed by atoms with E-state index in [9.17, 15) is 18.7 Å². The zero-order valence-corrected chi connectivity index (χ0v) is 11.4. The van der Waals surface area contributed by atoms with E-state index in [0.29, 0.717) is 0 Å². The van der Waals surface area contributed by atoms with Gasteiger partial charge in [0.1, 0.15) is 0 Å². The average molecular weight is 284 g/mol. The minimum atomic E-state index is -3.02. The van der Waals surface area contributed by atoms with E-state index in [1.807, 2.05) is 0 Å². The molecule has 0 fully saturated rings. The Hall–Kier alpha value is -1.94. The quantitative estimate of drug-likeness (QED) is 0.605. The van der Waals surface area contributed by atoms with Crippen LogP contribution in [-0.2, 0) is 18.6 Å². The molecule has 0 saturated heterocycles. The Labute approximate surface area is 110 Å². The summed E-state index contributed by atoms with van der Waals surface area (Å²) in [6, 6.07) is 3.93. The summed E-state index contributed by atoms with van der Waals surface area (Å²) in [6.07, 6.45) is 0. The van der Waals surface area contributed by atoms with E-state index in [0.717, 1.165) is 0 Å². The summed E-state index contributed by atoms with van der Waals surface area (Å²) < 4.78 is 31.8. The van der Waals surface area contributed by atoms with Gasteiger partial charge < -0.3 is 9.47 Å². The first-order valence-corrected chi connectivity index (χ1v) is 6.82. The highest BCUT2D eigenvalue weighted by Gasteiger charge is 2.24. The Bertz CT molecular complexity index is 553. The summed E-state index contributed by atoms with van der Waals surface area (Å²) >= 11 is 0. The second-order valence-corrected chi connectivity index (χ2v) is 4.39. The second kappa shape index (κ2) is 6.85. The van der Waals surface area contributed by atoms with Gasteiger partial charge in [-0.1, -0.05) is 6.07 Å². The molecule has 1 rings (SSSR count). The van der Waals surface area contributed by atoms with Crippen molar-refractivity contribution in [1.29, 1.82) is 0 Å². The Kier molecular flexibility index (Phi) is 5.45. The molecule has 0 aliphatic rings. The van der Waals surface area contributed by atoms with Gasteiger partial charge in [0.2, 0.25) is 0 Å². The maximum atomic E-state index is 11.8. The Morgan fingerprint density at radius 2 is 1.63 bits per heavy atom. The fraction of sp³-hybridized carbons (Fsp3) is 0.333. The first-order valence-electron chi connectivity index (χ1n) is 5.64. The molecule has 7 heteroatoms. The highest BCUT2D eigenvalue weighted by atomic mass is 31.1. The Balaban J connectivity index is 3.42. The number of rotatable bonds is 5. The summed E-state index contributed by atoms with van der Waals surface area (Å²) in [5.74, 6) is -1.62. The minimum absolute atomic E-state index is 0.0745. The van der Waals surface area contributed by atoms with Gasteiger partial charge in [-0.2, -0.15) is 0 Å². The third-order valence-electron chi connectivity index (χ3n) is 2.21. The Morgan fingerprint density at radius 3 is 2.16 bits per heavy atom. The Morgan fingerprint density at radius 1 is 1.05 bits per heavy atom. The molecule has 1 aromatic carbocycles. The van der Waals surface area contributed by atoms with Crippen molar-refractivity contribution >= 4 is 24.9 Å². The highest BCUT2D eigenvalue weighted by molar-refractivity contribution is 7.40. The van der Waals surface area contributed by atoms with Crippen molar-refractivity contribution in [3.8, 4) is 0 Å². The molecule has 0 heterocycles. The molecule has 0 unspecified atom stereocenters. The fourth-order valence-corrected chi connectivity index (χ4v) is 2.09. The van der Waals surface area contributed by atoms with Gasteiger partial charge in [0.25, 0.3) is 0 Å². The van der Waals surface area contributed by atoms with Crippen molar-refractivity contribution in [1.82, 2.24) is 0 Å². The van der Waals surface area contributed by atoms with Crippen molar-refractivity contribution in [3.63, 3.8) is 0 Å². The molecule has 0 saturated carbocycles. The lowest BCUT2D eigenvalue weighted by Gasteiger charge is -2.09. The molecule has 0 N–H and O–H groups in total. The SMILES string of the molecule is CCOC(=O)c1cccc(P(=O)=O)c1C(=O)OCC. The van der Waals surface area contributed by atoms with Crippen LogP contribution in [-0.4, -0.2) is 25.2 Å².